The van der Waals surface area contributed by atoms with Crippen molar-refractivity contribution >= 4 is 5.78 Å². The van der Waals surface area contributed by atoms with E-state index in [1.165, 1.54) is 7.11 Å². The maximum Gasteiger partial charge on any atom is 0.303 e. The van der Waals surface area contributed by atoms with Gasteiger partial charge in [-0.1, -0.05) is 0 Å². The van der Waals surface area contributed by atoms with Crippen molar-refractivity contribution in [3.63, 3.8) is 0 Å². The third kappa shape index (κ3) is 1.58. The number of hydrogen-bond acceptors (Lipinski definition) is 4. The lowest BCUT2D eigenvalue weighted by molar-refractivity contribution is 0.0639. The van der Waals surface area contributed by atoms with E-state index in [0.29, 0.717) is 0 Å². The zero-order valence-corrected chi connectivity index (χ0v) is 6.08. The highest BCUT2D eigenvalue weighted by Gasteiger charge is 2.22. The van der Waals surface area contributed by atoms with Gasteiger partial charge >= 0.3 is 6.43 Å². The summed E-state index contributed by atoms with van der Waals surface area (Å²) in [7, 11) is 1.29. The van der Waals surface area contributed by atoms with Gasteiger partial charge in [0.05, 0.1) is 13.2 Å². The van der Waals surface area contributed by atoms with Crippen molar-refractivity contribution in [2.75, 3.05) is 7.11 Å². The van der Waals surface area contributed by atoms with Crippen LogP contribution in [0.25, 0.3) is 0 Å². The Bertz CT molecular complexity index is 284. The minimum atomic E-state index is -3.08. The Morgan fingerprint density at radius 2 is 2.42 bits per heavy atom. The Morgan fingerprint density at radius 1 is 1.75 bits per heavy atom. The number of halogens is 2. The third-order valence-electron chi connectivity index (χ3n) is 1.14. The van der Waals surface area contributed by atoms with Crippen LogP contribution in [0.4, 0.5) is 8.78 Å². The van der Waals surface area contributed by atoms with Crippen molar-refractivity contribution in [2.24, 2.45) is 0 Å². The number of rotatable bonds is 3. The normalized spacial score (nSPS) is 10.3. The van der Waals surface area contributed by atoms with Crippen molar-refractivity contribution in [1.29, 1.82) is 0 Å². The molecule has 0 aliphatic heterocycles. The highest BCUT2D eigenvalue weighted by molar-refractivity contribution is 5.95. The Morgan fingerprint density at radius 3 is 2.83 bits per heavy atom. The predicted octanol–water partition coefficient (Wildman–Crippen LogP) is 1.13. The number of carbonyl (C=O) groups is 1. The maximum atomic E-state index is 11.7. The lowest BCUT2D eigenvalue weighted by atomic mass is 10.3. The molecule has 0 unspecified atom stereocenters. The number of Topliss-reactive ketones (excluding diaryl/α,β-unsaturated/α-hetero) is 1. The van der Waals surface area contributed by atoms with Gasteiger partial charge in [-0.25, -0.2) is 8.78 Å². The van der Waals surface area contributed by atoms with Crippen LogP contribution in [-0.4, -0.2) is 24.5 Å². The Kier molecular flexibility index (Phi) is 2.37. The zero-order valence-electron chi connectivity index (χ0n) is 6.08. The average molecular weight is 177 g/mol. The van der Waals surface area contributed by atoms with Gasteiger partial charge in [0.25, 0.3) is 11.7 Å². The molecule has 0 spiro atoms. The van der Waals surface area contributed by atoms with Crippen molar-refractivity contribution in [3.8, 4) is 5.88 Å². The zero-order chi connectivity index (χ0) is 9.14. The molecule has 66 valence electrons. The first kappa shape index (κ1) is 8.63. The van der Waals surface area contributed by atoms with E-state index < -0.39 is 18.0 Å². The van der Waals surface area contributed by atoms with E-state index in [4.69, 9.17) is 0 Å². The molecule has 0 fully saturated rings. The predicted molar refractivity (Wildman–Crippen MR) is 33.4 cm³/mol. The van der Waals surface area contributed by atoms with Crippen LogP contribution >= 0.6 is 0 Å². The summed E-state index contributed by atoms with van der Waals surface area (Å²) in [5.41, 5.74) is 0. The van der Waals surface area contributed by atoms with Gasteiger partial charge < -0.3 is 9.26 Å². The Balaban J connectivity index is 2.82. The first-order chi connectivity index (χ1) is 5.65. The van der Waals surface area contributed by atoms with Gasteiger partial charge in [0.1, 0.15) is 0 Å². The van der Waals surface area contributed by atoms with E-state index in [1.54, 1.807) is 0 Å². The smallest absolute Gasteiger partial charge is 0.303 e. The van der Waals surface area contributed by atoms with E-state index >= 15 is 0 Å². The molecule has 0 bridgehead atoms. The molecule has 0 aromatic carbocycles. The molecule has 0 aliphatic carbocycles. The van der Waals surface area contributed by atoms with Crippen molar-refractivity contribution in [2.45, 2.75) is 6.43 Å². The SMILES string of the molecule is COc1cc(C(=O)C(F)F)on1. The highest BCUT2D eigenvalue weighted by atomic mass is 19.3. The number of alkyl halides is 2. The second-order valence-electron chi connectivity index (χ2n) is 1.90. The van der Waals surface area contributed by atoms with E-state index in [-0.39, 0.29) is 5.88 Å². The van der Waals surface area contributed by atoms with Gasteiger partial charge in [-0.3, -0.25) is 4.79 Å². The molecule has 1 heterocycles. The maximum absolute atomic E-state index is 11.7. The Labute approximate surface area is 66.1 Å². The summed E-state index contributed by atoms with van der Waals surface area (Å²) in [5, 5.41) is 3.19. The molecule has 1 aromatic heterocycles. The number of aromatic nitrogens is 1. The molecule has 0 aliphatic rings. The molecule has 0 N–H and O–H groups in total. The van der Waals surface area contributed by atoms with E-state index in [0.717, 1.165) is 6.07 Å². The largest absolute Gasteiger partial charge is 0.479 e. The molecule has 4 nitrogen and oxygen atoms in total. The standard InChI is InChI=1S/C6H5F2NO3/c1-11-4-2-3(12-9-4)5(10)6(7)8/h2,6H,1H3. The summed E-state index contributed by atoms with van der Waals surface area (Å²) in [6.45, 7) is 0. The van der Waals surface area contributed by atoms with Gasteiger partial charge in [0.2, 0.25) is 5.76 Å². The molecular weight excluding hydrogens is 172 g/mol. The number of ketones is 1. The van der Waals surface area contributed by atoms with Crippen molar-refractivity contribution in [1.82, 2.24) is 5.16 Å². The van der Waals surface area contributed by atoms with Gasteiger partial charge in [0.15, 0.2) is 0 Å². The lowest BCUT2D eigenvalue weighted by Crippen LogP contribution is -2.08. The van der Waals surface area contributed by atoms with Crippen LogP contribution in [0.2, 0.25) is 0 Å². The van der Waals surface area contributed by atoms with Gasteiger partial charge in [-0.15, -0.1) is 0 Å². The topological polar surface area (TPSA) is 52.3 Å². The van der Waals surface area contributed by atoms with Gasteiger partial charge in [-0.2, -0.15) is 0 Å². The first-order valence-corrected chi connectivity index (χ1v) is 2.98. The molecule has 1 aromatic rings. The van der Waals surface area contributed by atoms with Crippen LogP contribution < -0.4 is 4.74 Å². The minimum Gasteiger partial charge on any atom is -0.479 e. The first-order valence-electron chi connectivity index (χ1n) is 2.98. The summed E-state index contributed by atoms with van der Waals surface area (Å²) < 4.78 is 32.3. The van der Waals surface area contributed by atoms with Crippen LogP contribution in [0, 0.1) is 0 Å². The number of ether oxygens (including phenoxy) is 1. The summed E-state index contributed by atoms with van der Waals surface area (Å²) >= 11 is 0. The van der Waals surface area contributed by atoms with Gasteiger partial charge in [-0.05, 0) is 5.16 Å². The summed E-state index contributed by atoms with van der Waals surface area (Å²) in [4.78, 5) is 10.5. The van der Waals surface area contributed by atoms with Crippen LogP contribution in [-0.2, 0) is 0 Å². The fraction of sp³-hybridized carbons (Fsp3) is 0.333. The van der Waals surface area contributed by atoms with Crippen molar-refractivity contribution < 1.29 is 22.8 Å². The van der Waals surface area contributed by atoms with Crippen molar-refractivity contribution in [3.05, 3.63) is 11.8 Å². The molecule has 0 amide bonds. The van der Waals surface area contributed by atoms with Crippen LogP contribution in [0.3, 0.4) is 0 Å². The second-order valence-corrected chi connectivity index (χ2v) is 1.90. The number of nitrogens with zero attached hydrogens (tertiary/aromatic N) is 1. The number of carbonyl (C=O) groups excluding carboxylic acids is 1. The fourth-order valence-corrected chi connectivity index (χ4v) is 0.579. The molecule has 0 atom stereocenters. The fourth-order valence-electron chi connectivity index (χ4n) is 0.579. The molecule has 0 saturated heterocycles. The summed E-state index contributed by atoms with van der Waals surface area (Å²) in [6.07, 6.45) is -3.08. The summed E-state index contributed by atoms with van der Waals surface area (Å²) in [5.74, 6) is -1.90. The van der Waals surface area contributed by atoms with Crippen LogP contribution in [0.1, 0.15) is 10.6 Å². The number of methoxy groups -OCH3 is 1. The molecule has 12 heavy (non-hydrogen) atoms. The average Bonchev–Trinajstić information content (AvgIpc) is 2.50. The lowest BCUT2D eigenvalue weighted by Gasteiger charge is -1.89. The van der Waals surface area contributed by atoms with E-state index in [2.05, 4.69) is 14.4 Å². The molecule has 1 rings (SSSR count). The second kappa shape index (κ2) is 3.29. The monoisotopic (exact) mass is 177 g/mol. The highest BCUT2D eigenvalue weighted by Crippen LogP contribution is 2.13. The van der Waals surface area contributed by atoms with Gasteiger partial charge in [0, 0.05) is 0 Å². The summed E-state index contributed by atoms with van der Waals surface area (Å²) in [6, 6.07) is 1.01. The molecule has 0 radical (unpaired) electrons. The minimum absolute atomic E-state index is 0.000926. The van der Waals surface area contributed by atoms with Crippen LogP contribution in [0.5, 0.6) is 5.88 Å². The quantitative estimate of drug-likeness (QED) is 0.649. The molecular formula is C6H5F2NO3. The molecule has 6 heteroatoms. The van der Waals surface area contributed by atoms with E-state index in [9.17, 15) is 13.6 Å². The number of hydrogen-bond donors (Lipinski definition) is 0. The van der Waals surface area contributed by atoms with Crippen LogP contribution in [0.15, 0.2) is 10.6 Å². The Hall–Kier alpha value is -1.46. The third-order valence-corrected chi connectivity index (χ3v) is 1.14. The van der Waals surface area contributed by atoms with E-state index in [1.807, 2.05) is 0 Å². The molecule has 0 saturated carbocycles.